The first-order chi connectivity index (χ1) is 12.5. The third-order valence-corrected chi connectivity index (χ3v) is 5.47. The fourth-order valence-corrected chi connectivity index (χ4v) is 3.94. The Balaban J connectivity index is 1.70. The Morgan fingerprint density at radius 1 is 1.42 bits per heavy atom. The SMILES string of the molecule is COC[C@@H]1CCCN1C(=O)C1=C[C@@](C)(C/C=C/C2OCCO2)CCC1=O. The van der Waals surface area contributed by atoms with Crippen molar-refractivity contribution in [2.45, 2.75) is 51.4 Å². The Morgan fingerprint density at radius 2 is 2.19 bits per heavy atom. The van der Waals surface area contributed by atoms with Crippen molar-refractivity contribution in [2.24, 2.45) is 5.41 Å². The second kappa shape index (κ2) is 8.46. The molecule has 144 valence electrons. The largest absolute Gasteiger partial charge is 0.383 e. The number of ether oxygens (including phenoxy) is 3. The lowest BCUT2D eigenvalue weighted by Gasteiger charge is -2.32. The highest BCUT2D eigenvalue weighted by molar-refractivity contribution is 6.19. The zero-order valence-electron chi connectivity index (χ0n) is 15.7. The lowest BCUT2D eigenvalue weighted by atomic mass is 9.75. The van der Waals surface area contributed by atoms with Crippen LogP contribution in [0.5, 0.6) is 0 Å². The molecule has 0 aromatic heterocycles. The molecule has 1 aliphatic carbocycles. The van der Waals surface area contributed by atoms with Crippen molar-refractivity contribution >= 4 is 11.7 Å². The molecule has 6 heteroatoms. The van der Waals surface area contributed by atoms with Gasteiger partial charge in [-0.25, -0.2) is 0 Å². The number of likely N-dealkylation sites (tertiary alicyclic amines) is 1. The van der Waals surface area contributed by atoms with Gasteiger partial charge < -0.3 is 19.1 Å². The first-order valence-electron chi connectivity index (χ1n) is 9.48. The zero-order chi connectivity index (χ0) is 18.6. The van der Waals surface area contributed by atoms with Gasteiger partial charge in [0.2, 0.25) is 0 Å². The molecule has 0 saturated carbocycles. The molecule has 0 aromatic rings. The second-order valence-corrected chi connectivity index (χ2v) is 7.63. The van der Waals surface area contributed by atoms with Crippen molar-refractivity contribution in [3.63, 3.8) is 0 Å². The van der Waals surface area contributed by atoms with Crippen LogP contribution in [0, 0.1) is 5.41 Å². The topological polar surface area (TPSA) is 65.1 Å². The van der Waals surface area contributed by atoms with Gasteiger partial charge in [-0.3, -0.25) is 9.59 Å². The number of amides is 1. The molecule has 0 radical (unpaired) electrons. The molecule has 1 amide bonds. The van der Waals surface area contributed by atoms with E-state index >= 15 is 0 Å². The number of allylic oxidation sites excluding steroid dienone is 2. The molecule has 3 aliphatic rings. The van der Waals surface area contributed by atoms with Gasteiger partial charge in [0.25, 0.3) is 5.91 Å². The molecule has 2 atom stereocenters. The number of methoxy groups -OCH3 is 1. The number of ketones is 1. The summed E-state index contributed by atoms with van der Waals surface area (Å²) < 4.78 is 16.0. The number of nitrogens with zero attached hydrogens (tertiary/aromatic N) is 1. The van der Waals surface area contributed by atoms with Crippen LogP contribution in [-0.4, -0.2) is 62.4 Å². The Morgan fingerprint density at radius 3 is 2.92 bits per heavy atom. The first kappa shape index (κ1) is 19.3. The maximum absolute atomic E-state index is 13.0. The van der Waals surface area contributed by atoms with Gasteiger partial charge in [0.05, 0.1) is 31.4 Å². The molecule has 6 nitrogen and oxygen atoms in total. The molecule has 0 unspecified atom stereocenters. The van der Waals surface area contributed by atoms with Crippen LogP contribution in [0.2, 0.25) is 0 Å². The highest BCUT2D eigenvalue weighted by Crippen LogP contribution is 2.37. The molecule has 2 aliphatic heterocycles. The van der Waals surface area contributed by atoms with Crippen molar-refractivity contribution in [1.29, 1.82) is 0 Å². The Labute approximate surface area is 155 Å². The van der Waals surface area contributed by atoms with E-state index in [1.807, 2.05) is 23.1 Å². The van der Waals surface area contributed by atoms with E-state index in [2.05, 4.69) is 6.92 Å². The van der Waals surface area contributed by atoms with Gasteiger partial charge >= 0.3 is 0 Å². The van der Waals surface area contributed by atoms with E-state index in [4.69, 9.17) is 14.2 Å². The van der Waals surface area contributed by atoms with Crippen LogP contribution in [0.3, 0.4) is 0 Å². The van der Waals surface area contributed by atoms with Crippen LogP contribution in [0.1, 0.15) is 39.0 Å². The average Bonchev–Trinajstić information content (AvgIpc) is 3.29. The summed E-state index contributed by atoms with van der Waals surface area (Å²) in [4.78, 5) is 27.2. The molecule has 0 N–H and O–H groups in total. The number of carbonyl (C=O) groups excluding carboxylic acids is 2. The van der Waals surface area contributed by atoms with Gasteiger partial charge in [-0.05, 0) is 37.2 Å². The van der Waals surface area contributed by atoms with Crippen LogP contribution >= 0.6 is 0 Å². The fraction of sp³-hybridized carbons (Fsp3) is 0.700. The van der Waals surface area contributed by atoms with E-state index in [1.165, 1.54) is 0 Å². The highest BCUT2D eigenvalue weighted by Gasteiger charge is 2.37. The third-order valence-electron chi connectivity index (χ3n) is 5.47. The van der Waals surface area contributed by atoms with Gasteiger partial charge in [-0.15, -0.1) is 0 Å². The van der Waals surface area contributed by atoms with E-state index in [9.17, 15) is 9.59 Å². The molecule has 26 heavy (non-hydrogen) atoms. The Bertz CT molecular complexity index is 593. The summed E-state index contributed by atoms with van der Waals surface area (Å²) in [6.45, 7) is 4.57. The van der Waals surface area contributed by atoms with Crippen molar-refractivity contribution in [3.8, 4) is 0 Å². The van der Waals surface area contributed by atoms with E-state index < -0.39 is 0 Å². The minimum absolute atomic E-state index is 0.0398. The summed E-state index contributed by atoms with van der Waals surface area (Å²) in [6, 6.07) is 0.0749. The van der Waals surface area contributed by atoms with Crippen molar-refractivity contribution in [3.05, 3.63) is 23.8 Å². The minimum atomic E-state index is -0.270. The standard InChI is InChI=1S/C20H29NO5/c1-20(8-3-6-18-25-11-12-26-18)9-7-17(22)16(13-20)19(23)21-10-4-5-15(21)14-24-2/h3,6,13,15,18H,4-5,7-12,14H2,1-2H3/b6-3+/t15-,20-/m0/s1. The minimum Gasteiger partial charge on any atom is -0.383 e. The Hall–Kier alpha value is -1.50. The van der Waals surface area contributed by atoms with Crippen LogP contribution in [0.15, 0.2) is 23.8 Å². The smallest absolute Gasteiger partial charge is 0.257 e. The quantitative estimate of drug-likeness (QED) is 0.535. The van der Waals surface area contributed by atoms with Crippen LogP contribution in [0.4, 0.5) is 0 Å². The van der Waals surface area contributed by atoms with Gasteiger partial charge in [-0.2, -0.15) is 0 Å². The lowest BCUT2D eigenvalue weighted by molar-refractivity contribution is -0.131. The average molecular weight is 363 g/mol. The predicted octanol–water partition coefficient (Wildman–Crippen LogP) is 2.24. The maximum atomic E-state index is 13.0. The summed E-state index contributed by atoms with van der Waals surface area (Å²) in [7, 11) is 1.65. The first-order valence-corrected chi connectivity index (χ1v) is 9.48. The monoisotopic (exact) mass is 363 g/mol. The van der Waals surface area contributed by atoms with Crippen LogP contribution in [0.25, 0.3) is 0 Å². The third kappa shape index (κ3) is 4.42. The van der Waals surface area contributed by atoms with Crippen LogP contribution < -0.4 is 0 Å². The van der Waals surface area contributed by atoms with Crippen LogP contribution in [-0.2, 0) is 23.8 Å². The normalized spacial score (nSPS) is 30.4. The number of hydrogen-bond acceptors (Lipinski definition) is 5. The Kier molecular flexibility index (Phi) is 6.27. The molecule has 2 heterocycles. The van der Waals surface area contributed by atoms with Gasteiger partial charge in [0.15, 0.2) is 12.1 Å². The summed E-state index contributed by atoms with van der Waals surface area (Å²) in [6.07, 6.45) is 9.39. The van der Waals surface area contributed by atoms with Gasteiger partial charge in [0, 0.05) is 20.1 Å². The summed E-state index contributed by atoms with van der Waals surface area (Å²) >= 11 is 0. The number of Topliss-reactive ketones (excluding diaryl/α,β-unsaturated/α-hetero) is 1. The molecule has 0 bridgehead atoms. The summed E-state index contributed by atoms with van der Waals surface area (Å²) in [5, 5.41) is 0. The molecule has 3 rings (SSSR count). The number of rotatable bonds is 6. The van der Waals surface area contributed by atoms with Crippen molar-refractivity contribution in [2.75, 3.05) is 33.5 Å². The van der Waals surface area contributed by atoms with E-state index in [0.29, 0.717) is 38.4 Å². The molecule has 2 fully saturated rings. The summed E-state index contributed by atoms with van der Waals surface area (Å²) in [5.74, 6) is -0.172. The zero-order valence-corrected chi connectivity index (χ0v) is 15.7. The number of carbonyl (C=O) groups is 2. The lowest BCUT2D eigenvalue weighted by Crippen LogP contribution is -2.41. The van der Waals surface area contributed by atoms with Crippen molar-refractivity contribution in [1.82, 2.24) is 4.90 Å². The van der Waals surface area contributed by atoms with Crippen molar-refractivity contribution < 1.29 is 23.8 Å². The second-order valence-electron chi connectivity index (χ2n) is 7.63. The molecule has 0 spiro atoms. The molecule has 0 aromatic carbocycles. The predicted molar refractivity (Wildman–Crippen MR) is 96.5 cm³/mol. The highest BCUT2D eigenvalue weighted by atomic mass is 16.7. The van der Waals surface area contributed by atoms with Gasteiger partial charge in [-0.1, -0.05) is 19.1 Å². The summed E-state index contributed by atoms with van der Waals surface area (Å²) in [5.41, 5.74) is 0.147. The van der Waals surface area contributed by atoms with Gasteiger partial charge in [0.1, 0.15) is 0 Å². The fourth-order valence-electron chi connectivity index (χ4n) is 3.94. The maximum Gasteiger partial charge on any atom is 0.257 e. The van der Waals surface area contributed by atoms with E-state index in [1.54, 1.807) is 7.11 Å². The molecular weight excluding hydrogens is 334 g/mol. The van der Waals surface area contributed by atoms with E-state index in [0.717, 1.165) is 25.7 Å². The van der Waals surface area contributed by atoms with E-state index in [-0.39, 0.29) is 29.4 Å². The molecular formula is C20H29NO5. The number of hydrogen-bond donors (Lipinski definition) is 0. The molecule has 2 saturated heterocycles.